The number of rotatable bonds is 26. The molecule has 36 heteroatoms. The lowest BCUT2D eigenvalue weighted by molar-refractivity contribution is 0.597. The maximum absolute atomic E-state index is 13.7. The SMILES string of the molecule is C#CCNc1cc(-c2cccc(Cl)c2Cl)nc(N)n1.Cc1c(C#N)cccc1-c1cc(NC2CC2)nc(N)n1.Cc1c(F)ccc(-c2cc(CC3CC3)nc(N)n2)c1C.Cc1cc(-c2cc(NCCc3ccc(S(N)(=O)=O)cc3)nc(N)n2)c(C)cc1F.Cc1cccc(-c2cc(CCCc3c(C)n[nH]c3C)nc(N)n2)c1C.Cc1cccc(-c2cc(NCCCc3ccc(Cl)nn3)nc(N)n2)c1C. The van der Waals surface area contributed by atoms with Crippen molar-refractivity contribution in [2.24, 2.45) is 11.1 Å². The van der Waals surface area contributed by atoms with Gasteiger partial charge in [0.1, 0.15) is 34.9 Å². The van der Waals surface area contributed by atoms with E-state index in [1.165, 1.54) is 77.8 Å². The van der Waals surface area contributed by atoms with Crippen LogP contribution in [-0.4, -0.2) is 114 Å². The number of nitrogen functional groups attached to an aromatic ring is 6. The molecule has 8 aromatic heterocycles. The zero-order valence-electron chi connectivity index (χ0n) is 79.1. The molecule has 0 saturated heterocycles. The third kappa shape index (κ3) is 29.3. The number of hydrogen-bond acceptors (Lipinski definition) is 28. The largest absolute Gasteiger partial charge is 0.370 e. The van der Waals surface area contributed by atoms with Gasteiger partial charge in [0, 0.05) is 93.9 Å². The van der Waals surface area contributed by atoms with Crippen LogP contribution in [-0.2, 0) is 42.1 Å². The molecule has 2 aliphatic carbocycles. The highest BCUT2D eigenvalue weighted by Gasteiger charge is 2.25. The summed E-state index contributed by atoms with van der Waals surface area (Å²) in [6, 6.07) is 53.8. The molecule has 2 aliphatic rings. The Balaban J connectivity index is 0.000000150. The predicted octanol–water partition coefficient (Wildman–Crippen LogP) is 19.5. The standard InChI is InChI=1S/C20H22FN5O2S.C20H25N5.C19H21ClN6.C16H18FN3.C15H15N5.C13H10Cl2N4/c1-12-10-17(21)13(2)9-16(12)18-11-19(26-20(22)25-18)24-8-7-14-3-5-15(6-4-14)29(23,27)28;1-12-7-5-9-17(13(12)2)19-11-16(22-20(21)23-19)8-6-10-18-14(3)24-25-15(18)4;1-12-5-3-7-15(13(12)2)16-11-18(24-19(21)23-16)22-10-4-6-14-8-9-17(20)26-25-14;1-9-10(2)14(17)6-5-13(9)15-8-12(7-11-3-4-11)19-16(18)20-15;1-9-10(8-16)3-2-4-12(9)13-7-14(18-11-5-6-11)20-15(17)19-13;1-2-6-17-11-7-10(18-13(16)19-11)8-4-3-5-9(14)12(8)15/h3-6,9-11H,7-8H2,1-2H3,(H2,23,27,28)(H3,22,24,25,26);5,7,9,11H,6,8,10H2,1-4H3,(H,24,25)(H2,21,22,23);3,5,7-9,11H,4,6,10H2,1-2H3,(H3,21,22,23,24);5-6,8,11H,3-4,7H2,1-2H3,(H2,18,19,20);2-4,7,11H,5-6H2,1H3,(H3,17,18,19,20);1,3-5,7H,6H2,(H3,16,17,18,19). The van der Waals surface area contributed by atoms with Crippen molar-refractivity contribution < 1.29 is 17.2 Å². The number of anilines is 10. The van der Waals surface area contributed by atoms with E-state index in [4.69, 9.17) is 86.0 Å². The van der Waals surface area contributed by atoms with Crippen LogP contribution in [0.15, 0.2) is 175 Å². The number of nitrogens with one attached hydrogen (secondary N) is 5. The molecule has 15 aromatic rings. The summed E-state index contributed by atoms with van der Waals surface area (Å²) >= 11 is 17.9. The van der Waals surface area contributed by atoms with Crippen LogP contribution in [0.1, 0.15) is 134 Å². The lowest BCUT2D eigenvalue weighted by Crippen LogP contribution is -2.12. The fourth-order valence-electron chi connectivity index (χ4n) is 14.9. The normalized spacial score (nSPS) is 11.8. The molecule has 139 heavy (non-hydrogen) atoms. The average molecular weight is 1950 g/mol. The fraction of sp³-hybridized carbons (Fsp3) is 0.262. The molecular formula is C103H111Cl3F2N28O2S. The number of aromatic nitrogens is 16. The Morgan fingerprint density at radius 3 is 1.49 bits per heavy atom. The van der Waals surface area contributed by atoms with Crippen molar-refractivity contribution in [2.45, 2.75) is 158 Å². The quantitative estimate of drug-likeness (QED) is 0.0177. The molecule has 0 unspecified atom stereocenters. The Labute approximate surface area is 823 Å². The van der Waals surface area contributed by atoms with E-state index < -0.39 is 10.0 Å². The van der Waals surface area contributed by atoms with Gasteiger partial charge in [-0.3, -0.25) is 5.10 Å². The minimum atomic E-state index is -3.70. The Morgan fingerprint density at radius 1 is 0.446 bits per heavy atom. The summed E-state index contributed by atoms with van der Waals surface area (Å²) < 4.78 is 49.9. The van der Waals surface area contributed by atoms with E-state index in [2.05, 4.69) is 178 Å². The Morgan fingerprint density at radius 2 is 0.942 bits per heavy atom. The van der Waals surface area contributed by atoms with Gasteiger partial charge in [0.25, 0.3) is 0 Å². The number of aryl methyl sites for hydroxylation is 8. The number of nitrogens with two attached hydrogens (primary N) is 7. The van der Waals surface area contributed by atoms with Crippen molar-refractivity contribution in [1.29, 1.82) is 5.26 Å². The summed E-state index contributed by atoms with van der Waals surface area (Å²) in [6.45, 7) is 23.3. The zero-order valence-corrected chi connectivity index (χ0v) is 82.2. The maximum Gasteiger partial charge on any atom is 0.238 e. The van der Waals surface area contributed by atoms with Gasteiger partial charge in [-0.1, -0.05) is 114 Å². The number of hydrogen-bond donors (Lipinski definition) is 12. The van der Waals surface area contributed by atoms with Gasteiger partial charge in [-0.15, -0.1) is 11.5 Å². The molecule has 716 valence electrons. The third-order valence-electron chi connectivity index (χ3n) is 23.3. The maximum atomic E-state index is 13.7. The second-order valence-corrected chi connectivity index (χ2v) is 36.5. The molecular weight excluding hydrogens is 1840 g/mol. The molecule has 17 rings (SSSR count). The highest BCUT2D eigenvalue weighted by Crippen LogP contribution is 2.38. The van der Waals surface area contributed by atoms with Crippen molar-refractivity contribution in [3.05, 3.63) is 292 Å². The number of terminal acetylenes is 1. The number of primary sulfonamides is 1. The topological polar surface area (TPSA) is 497 Å². The van der Waals surface area contributed by atoms with Gasteiger partial charge in [0.15, 0.2) is 5.15 Å². The molecule has 19 N–H and O–H groups in total. The highest BCUT2D eigenvalue weighted by molar-refractivity contribution is 7.89. The van der Waals surface area contributed by atoms with Gasteiger partial charge in [0.2, 0.25) is 45.7 Å². The van der Waals surface area contributed by atoms with E-state index in [0.29, 0.717) is 97.9 Å². The van der Waals surface area contributed by atoms with E-state index in [-0.39, 0.29) is 40.3 Å². The molecule has 2 saturated carbocycles. The van der Waals surface area contributed by atoms with Crippen LogP contribution in [0, 0.1) is 117 Å². The summed E-state index contributed by atoms with van der Waals surface area (Å²) in [4.78, 5) is 51.3. The summed E-state index contributed by atoms with van der Waals surface area (Å²) in [5.74, 6) is 6.68. The summed E-state index contributed by atoms with van der Waals surface area (Å²) in [5, 5.41) is 43.4. The summed E-state index contributed by atoms with van der Waals surface area (Å²) in [5.41, 5.74) is 61.6. The van der Waals surface area contributed by atoms with Crippen LogP contribution in [0.2, 0.25) is 15.2 Å². The van der Waals surface area contributed by atoms with Gasteiger partial charge >= 0.3 is 0 Å². The summed E-state index contributed by atoms with van der Waals surface area (Å²) in [7, 11) is -3.70. The van der Waals surface area contributed by atoms with Crippen molar-refractivity contribution in [1.82, 2.24) is 80.2 Å². The second-order valence-electron chi connectivity index (χ2n) is 33.8. The van der Waals surface area contributed by atoms with Crippen molar-refractivity contribution in [3.8, 4) is 86.0 Å². The molecule has 0 amide bonds. The first-order chi connectivity index (χ1) is 66.4. The van der Waals surface area contributed by atoms with Crippen molar-refractivity contribution in [2.75, 3.05) is 75.3 Å². The fourth-order valence-corrected chi connectivity index (χ4v) is 16.0. The van der Waals surface area contributed by atoms with Crippen LogP contribution in [0.5, 0.6) is 0 Å². The number of halogens is 5. The monoisotopic (exact) mass is 1950 g/mol. The first-order valence-corrected chi connectivity index (χ1v) is 47.6. The Kier molecular flexibility index (Phi) is 35.3. The number of sulfonamides is 1. The van der Waals surface area contributed by atoms with Crippen LogP contribution >= 0.6 is 34.8 Å². The van der Waals surface area contributed by atoms with Gasteiger partial charge in [-0.2, -0.15) is 35.4 Å². The van der Waals surface area contributed by atoms with Gasteiger partial charge in [0.05, 0.1) is 78.7 Å². The lowest BCUT2D eigenvalue weighted by atomic mass is 9.99. The van der Waals surface area contributed by atoms with Crippen molar-refractivity contribution in [3.63, 3.8) is 0 Å². The number of H-pyrrole nitrogens is 1. The first-order valence-electron chi connectivity index (χ1n) is 44.9. The lowest BCUT2D eigenvalue weighted by Gasteiger charge is -2.11. The molecule has 0 bridgehead atoms. The molecule has 7 aromatic carbocycles. The average Bonchev–Trinajstić information content (AvgIpc) is 1.62. The van der Waals surface area contributed by atoms with Crippen molar-refractivity contribution >= 4 is 104 Å². The first kappa shape index (κ1) is 103. The van der Waals surface area contributed by atoms with E-state index in [9.17, 15) is 17.2 Å². The Bertz CT molecular complexity index is 7100. The van der Waals surface area contributed by atoms with Crippen LogP contribution in [0.25, 0.3) is 67.5 Å². The molecule has 0 radical (unpaired) electrons. The third-order valence-corrected chi connectivity index (χ3v) is 25.2. The van der Waals surface area contributed by atoms with E-state index in [0.717, 1.165) is 164 Å². The predicted molar refractivity (Wildman–Crippen MR) is 553 cm³/mol. The van der Waals surface area contributed by atoms with Crippen LogP contribution < -0.4 is 60.8 Å². The zero-order chi connectivity index (χ0) is 99.9. The van der Waals surface area contributed by atoms with Gasteiger partial charge in [-0.25, -0.2) is 62.2 Å². The van der Waals surface area contributed by atoms with Crippen LogP contribution in [0.3, 0.4) is 0 Å². The number of nitrogens with zero attached hydrogens (tertiary/aromatic N) is 16. The minimum absolute atomic E-state index is 0.0763. The summed E-state index contributed by atoms with van der Waals surface area (Å²) in [6.07, 6.45) is 16.2. The molecule has 8 heterocycles. The molecule has 0 spiro atoms. The number of aromatic amines is 1. The van der Waals surface area contributed by atoms with E-state index in [1.807, 2.05) is 76.2 Å². The molecule has 2 fully saturated rings. The molecule has 0 atom stereocenters. The van der Waals surface area contributed by atoms with E-state index >= 15 is 0 Å². The molecule has 0 aliphatic heterocycles. The second kappa shape index (κ2) is 47.7. The number of benzene rings is 7. The molecule has 30 nitrogen and oxygen atoms in total. The van der Waals surface area contributed by atoms with E-state index in [1.54, 1.807) is 80.6 Å². The van der Waals surface area contributed by atoms with Crippen LogP contribution in [0.4, 0.5) is 67.7 Å². The highest BCUT2D eigenvalue weighted by atomic mass is 35.5. The van der Waals surface area contributed by atoms with Gasteiger partial charge in [-0.05, 0) is 287 Å². The Hall–Kier alpha value is -15.0. The van der Waals surface area contributed by atoms with Gasteiger partial charge < -0.3 is 55.7 Å². The minimum Gasteiger partial charge on any atom is -0.370 e. The number of nitriles is 1. The smallest absolute Gasteiger partial charge is 0.238 e.